The summed E-state index contributed by atoms with van der Waals surface area (Å²) >= 11 is 0. The average molecular weight is 273 g/mol. The number of nitrogens with one attached hydrogen (secondary N) is 1. The zero-order valence-corrected chi connectivity index (χ0v) is 12.4. The van der Waals surface area contributed by atoms with Crippen LogP contribution in [-0.2, 0) is 0 Å². The van der Waals surface area contributed by atoms with Crippen molar-refractivity contribution in [3.63, 3.8) is 0 Å². The van der Waals surface area contributed by atoms with E-state index in [0.717, 1.165) is 5.69 Å². The van der Waals surface area contributed by atoms with E-state index in [1.807, 2.05) is 6.07 Å². The smallest absolute Gasteiger partial charge is 0.0496 e. The Bertz CT molecular complexity index is 731. The van der Waals surface area contributed by atoms with Crippen LogP contribution in [0.1, 0.15) is 11.1 Å². The van der Waals surface area contributed by atoms with Crippen LogP contribution in [0, 0.1) is 13.8 Å². The average Bonchev–Trinajstić information content (AvgIpc) is 2.54. The van der Waals surface area contributed by atoms with Gasteiger partial charge in [0.25, 0.3) is 0 Å². The minimum Gasteiger partial charge on any atom is -0.355 e. The van der Waals surface area contributed by atoms with Gasteiger partial charge in [0, 0.05) is 16.9 Å². The molecule has 0 amide bonds. The molecule has 0 spiro atoms. The molecule has 0 aromatic heterocycles. The Morgan fingerprint density at radius 2 is 1.29 bits per heavy atom. The summed E-state index contributed by atoms with van der Waals surface area (Å²) < 4.78 is 0. The van der Waals surface area contributed by atoms with Crippen molar-refractivity contribution < 1.29 is 0 Å². The topological polar surface area (TPSA) is 12.0 Å². The van der Waals surface area contributed by atoms with E-state index in [1.54, 1.807) is 0 Å². The third kappa shape index (κ3) is 2.82. The molecule has 0 heterocycles. The minimum atomic E-state index is 1.11. The van der Waals surface area contributed by atoms with Crippen LogP contribution in [0.15, 0.2) is 72.8 Å². The van der Waals surface area contributed by atoms with Gasteiger partial charge in [-0.2, -0.15) is 0 Å². The number of hydrogen-bond donors (Lipinski definition) is 1. The number of benzene rings is 3. The number of para-hydroxylation sites is 1. The molecule has 3 rings (SSSR count). The Balaban J connectivity index is 2.11. The summed E-state index contributed by atoms with van der Waals surface area (Å²) in [5, 5.41) is 3.58. The quantitative estimate of drug-likeness (QED) is 0.644. The first-order valence-electron chi connectivity index (χ1n) is 7.23. The van der Waals surface area contributed by atoms with Gasteiger partial charge in [0.1, 0.15) is 0 Å². The van der Waals surface area contributed by atoms with Gasteiger partial charge in [-0.25, -0.2) is 0 Å². The standard InChI is InChI=1S/C20H19N/c1-15-13-14-19(17-9-5-3-6-10-17)20(16(15)2)21-18-11-7-4-8-12-18/h3-14,21H,1-2H3. The largest absolute Gasteiger partial charge is 0.355 e. The maximum absolute atomic E-state index is 3.58. The normalized spacial score (nSPS) is 10.4. The van der Waals surface area contributed by atoms with E-state index >= 15 is 0 Å². The first-order chi connectivity index (χ1) is 10.3. The SMILES string of the molecule is Cc1ccc(-c2ccccc2)c(Nc2ccccc2)c1C. The molecule has 0 aliphatic heterocycles. The predicted molar refractivity (Wildman–Crippen MR) is 91.1 cm³/mol. The van der Waals surface area contributed by atoms with E-state index in [9.17, 15) is 0 Å². The lowest BCUT2D eigenvalue weighted by Gasteiger charge is -2.17. The monoisotopic (exact) mass is 273 g/mol. The van der Waals surface area contributed by atoms with Crippen LogP contribution in [0.2, 0.25) is 0 Å². The molecular weight excluding hydrogens is 254 g/mol. The van der Waals surface area contributed by atoms with E-state index in [4.69, 9.17) is 0 Å². The second kappa shape index (κ2) is 5.84. The molecule has 1 heteroatoms. The fourth-order valence-electron chi connectivity index (χ4n) is 2.50. The van der Waals surface area contributed by atoms with E-state index in [0.29, 0.717) is 0 Å². The summed E-state index contributed by atoms with van der Waals surface area (Å²) in [4.78, 5) is 0. The van der Waals surface area contributed by atoms with Gasteiger partial charge in [0.15, 0.2) is 0 Å². The van der Waals surface area contributed by atoms with Crippen molar-refractivity contribution in [1.82, 2.24) is 0 Å². The highest BCUT2D eigenvalue weighted by atomic mass is 14.9. The van der Waals surface area contributed by atoms with E-state index in [1.165, 1.54) is 27.9 Å². The van der Waals surface area contributed by atoms with Gasteiger partial charge < -0.3 is 5.32 Å². The summed E-state index contributed by atoms with van der Waals surface area (Å²) in [6.07, 6.45) is 0. The van der Waals surface area contributed by atoms with Crippen molar-refractivity contribution in [2.45, 2.75) is 13.8 Å². The van der Waals surface area contributed by atoms with Gasteiger partial charge >= 0.3 is 0 Å². The summed E-state index contributed by atoms with van der Waals surface area (Å²) in [5.74, 6) is 0. The van der Waals surface area contributed by atoms with Crippen LogP contribution >= 0.6 is 0 Å². The Kier molecular flexibility index (Phi) is 3.74. The van der Waals surface area contributed by atoms with Crippen molar-refractivity contribution in [3.05, 3.63) is 83.9 Å². The van der Waals surface area contributed by atoms with Crippen LogP contribution in [0.25, 0.3) is 11.1 Å². The first kappa shape index (κ1) is 13.4. The number of aryl methyl sites for hydroxylation is 1. The molecule has 21 heavy (non-hydrogen) atoms. The van der Waals surface area contributed by atoms with Gasteiger partial charge in [-0.3, -0.25) is 0 Å². The Morgan fingerprint density at radius 1 is 0.667 bits per heavy atom. The maximum atomic E-state index is 3.58. The van der Waals surface area contributed by atoms with Crippen molar-refractivity contribution >= 4 is 11.4 Å². The Hall–Kier alpha value is -2.54. The lowest BCUT2D eigenvalue weighted by atomic mass is 9.97. The third-order valence-corrected chi connectivity index (χ3v) is 3.86. The molecule has 104 valence electrons. The molecule has 3 aromatic carbocycles. The summed E-state index contributed by atoms with van der Waals surface area (Å²) in [7, 11) is 0. The van der Waals surface area contributed by atoms with Gasteiger partial charge in [0.2, 0.25) is 0 Å². The highest BCUT2D eigenvalue weighted by molar-refractivity contribution is 5.84. The summed E-state index contributed by atoms with van der Waals surface area (Å²) in [6, 6.07) is 25.2. The lowest BCUT2D eigenvalue weighted by molar-refractivity contribution is 1.33. The molecule has 0 saturated heterocycles. The van der Waals surface area contributed by atoms with Crippen LogP contribution in [0.5, 0.6) is 0 Å². The van der Waals surface area contributed by atoms with Crippen molar-refractivity contribution in [3.8, 4) is 11.1 Å². The molecule has 0 fully saturated rings. The van der Waals surface area contributed by atoms with Crippen LogP contribution < -0.4 is 5.32 Å². The van der Waals surface area contributed by atoms with Crippen molar-refractivity contribution in [1.29, 1.82) is 0 Å². The van der Waals surface area contributed by atoms with Crippen LogP contribution in [0.3, 0.4) is 0 Å². The molecule has 1 N–H and O–H groups in total. The van der Waals surface area contributed by atoms with E-state index in [-0.39, 0.29) is 0 Å². The summed E-state index contributed by atoms with van der Waals surface area (Å²) in [5.41, 5.74) is 7.37. The molecule has 0 aliphatic carbocycles. The number of anilines is 2. The first-order valence-corrected chi connectivity index (χ1v) is 7.23. The van der Waals surface area contributed by atoms with Gasteiger partial charge in [0.05, 0.1) is 0 Å². The predicted octanol–water partition coefficient (Wildman–Crippen LogP) is 5.71. The zero-order valence-electron chi connectivity index (χ0n) is 12.4. The van der Waals surface area contributed by atoms with E-state index in [2.05, 4.69) is 85.9 Å². The molecule has 3 aromatic rings. The zero-order chi connectivity index (χ0) is 14.7. The highest BCUT2D eigenvalue weighted by Crippen LogP contribution is 2.34. The van der Waals surface area contributed by atoms with Crippen LogP contribution in [0.4, 0.5) is 11.4 Å². The molecule has 0 unspecified atom stereocenters. The fourth-order valence-corrected chi connectivity index (χ4v) is 2.50. The molecule has 0 atom stereocenters. The minimum absolute atomic E-state index is 1.11. The highest BCUT2D eigenvalue weighted by Gasteiger charge is 2.10. The van der Waals surface area contributed by atoms with Gasteiger partial charge in [-0.05, 0) is 42.7 Å². The second-order valence-electron chi connectivity index (χ2n) is 5.29. The van der Waals surface area contributed by atoms with Crippen LogP contribution in [-0.4, -0.2) is 0 Å². The molecule has 0 radical (unpaired) electrons. The van der Waals surface area contributed by atoms with Crippen molar-refractivity contribution in [2.75, 3.05) is 5.32 Å². The van der Waals surface area contributed by atoms with Crippen molar-refractivity contribution in [2.24, 2.45) is 0 Å². The molecule has 0 saturated carbocycles. The second-order valence-corrected chi connectivity index (χ2v) is 5.29. The summed E-state index contributed by atoms with van der Waals surface area (Å²) in [6.45, 7) is 4.33. The maximum Gasteiger partial charge on any atom is 0.0496 e. The fraction of sp³-hybridized carbons (Fsp3) is 0.100. The Morgan fingerprint density at radius 3 is 1.95 bits per heavy atom. The molecule has 1 nitrogen and oxygen atoms in total. The number of hydrogen-bond acceptors (Lipinski definition) is 1. The van der Waals surface area contributed by atoms with Gasteiger partial charge in [-0.1, -0.05) is 60.7 Å². The Labute approximate surface area is 126 Å². The third-order valence-electron chi connectivity index (χ3n) is 3.86. The molecule has 0 aliphatic rings. The molecular formula is C20H19N. The lowest BCUT2D eigenvalue weighted by Crippen LogP contribution is -1.98. The molecule has 0 bridgehead atoms. The number of rotatable bonds is 3. The van der Waals surface area contributed by atoms with Gasteiger partial charge in [-0.15, -0.1) is 0 Å². The van der Waals surface area contributed by atoms with E-state index < -0.39 is 0 Å².